The summed E-state index contributed by atoms with van der Waals surface area (Å²) >= 11 is 0. The first-order valence-electron chi connectivity index (χ1n) is 10.4. The molecular weight excluding hydrogens is 392 g/mol. The quantitative estimate of drug-likeness (QED) is 0.288. The van der Waals surface area contributed by atoms with Crippen LogP contribution in [0, 0.1) is 0 Å². The Morgan fingerprint density at radius 2 is 1.28 bits per heavy atom. The van der Waals surface area contributed by atoms with Crippen LogP contribution in [0.5, 0.6) is 0 Å². The molecule has 1 aliphatic carbocycles. The minimum Gasteiger partial charge on any atom is -0.373 e. The van der Waals surface area contributed by atoms with Gasteiger partial charge in [0.25, 0.3) is 0 Å². The molecule has 29 heavy (non-hydrogen) atoms. The lowest BCUT2D eigenvalue weighted by atomic mass is 10.0. The van der Waals surface area contributed by atoms with Crippen molar-refractivity contribution in [1.29, 1.82) is 0 Å². The van der Waals surface area contributed by atoms with Crippen molar-refractivity contribution in [3.8, 4) is 0 Å². The highest BCUT2D eigenvalue weighted by atomic mass is 28.4. The number of carbonyl (C=O) groups is 2. The van der Waals surface area contributed by atoms with E-state index in [0.29, 0.717) is 43.1 Å². The molecule has 4 aliphatic rings. The van der Waals surface area contributed by atoms with Gasteiger partial charge in [0, 0.05) is 65.2 Å². The van der Waals surface area contributed by atoms with Gasteiger partial charge in [-0.1, -0.05) is 0 Å². The van der Waals surface area contributed by atoms with Gasteiger partial charge in [-0.25, -0.2) is 0 Å². The van der Waals surface area contributed by atoms with Crippen LogP contribution < -0.4 is 5.73 Å². The Morgan fingerprint density at radius 3 is 1.66 bits per heavy atom. The number of hydrogen-bond acceptors (Lipinski definition) is 9. The molecule has 3 fully saturated rings. The molecule has 9 nitrogen and oxygen atoms in total. The van der Waals surface area contributed by atoms with Crippen molar-refractivity contribution in [3.63, 3.8) is 0 Å². The second-order valence-corrected chi connectivity index (χ2v) is 9.71. The first kappa shape index (κ1) is 22.0. The van der Waals surface area contributed by atoms with Crippen molar-refractivity contribution in [2.24, 2.45) is 5.73 Å². The Bertz CT molecular complexity index is 682. The van der Waals surface area contributed by atoms with Crippen molar-refractivity contribution < 1.29 is 22.9 Å². The lowest BCUT2D eigenvalue weighted by Crippen LogP contribution is -2.52. The molecule has 4 rings (SSSR count). The molecule has 0 aromatic heterocycles. The van der Waals surface area contributed by atoms with Crippen LogP contribution in [0.25, 0.3) is 0 Å². The Hall–Kier alpha value is -1.72. The number of hydrogen-bond donors (Lipinski definition) is 1. The third-order valence-corrected chi connectivity index (χ3v) is 7.52. The molecule has 2 N–H and O–H groups in total. The summed E-state index contributed by atoms with van der Waals surface area (Å²) in [7, 11) is -2.49. The molecule has 0 spiro atoms. The normalized spacial score (nSPS) is 20.6. The maximum Gasteiger partial charge on any atom is 0.515 e. The van der Waals surface area contributed by atoms with Crippen LogP contribution in [0.4, 0.5) is 0 Å². The predicted octanol–water partition coefficient (Wildman–Crippen LogP) is -0.287. The molecule has 10 heteroatoms. The molecule has 0 amide bonds. The Balaban J connectivity index is 0.000000179. The third kappa shape index (κ3) is 5.26. The van der Waals surface area contributed by atoms with Crippen LogP contribution in [0.15, 0.2) is 23.2 Å². The van der Waals surface area contributed by atoms with E-state index in [4.69, 9.17) is 19.0 Å². The fourth-order valence-corrected chi connectivity index (χ4v) is 5.16. The van der Waals surface area contributed by atoms with E-state index >= 15 is 0 Å². The van der Waals surface area contributed by atoms with Gasteiger partial charge in [-0.3, -0.25) is 9.59 Å². The second-order valence-electron chi connectivity index (χ2n) is 7.07. The summed E-state index contributed by atoms with van der Waals surface area (Å²) in [6.07, 6.45) is 1.87. The van der Waals surface area contributed by atoms with Crippen LogP contribution in [0.2, 0.25) is 0 Å². The monoisotopic (exact) mass is 424 g/mol. The lowest BCUT2D eigenvalue weighted by Gasteiger charge is -2.26. The van der Waals surface area contributed by atoms with Gasteiger partial charge in [0.05, 0.1) is 11.9 Å². The summed E-state index contributed by atoms with van der Waals surface area (Å²) in [5, 5.41) is 0. The molecule has 0 atom stereocenters. The fraction of sp³-hybridized carbons (Fsp3) is 0.684. The van der Waals surface area contributed by atoms with Crippen molar-refractivity contribution in [2.75, 3.05) is 65.3 Å². The van der Waals surface area contributed by atoms with Crippen molar-refractivity contribution in [2.45, 2.75) is 20.8 Å². The Kier molecular flexibility index (Phi) is 7.12. The van der Waals surface area contributed by atoms with Gasteiger partial charge in [-0.15, -0.1) is 0 Å². The minimum absolute atomic E-state index is 0.00546. The lowest BCUT2D eigenvalue weighted by molar-refractivity contribution is -0.117. The number of ketones is 2. The standard InChI is InChI=1S/C12H13N3O2.C7H19NO3Si/c16-9-7-8(13-1-2-13)12(17)11(15-5-6-15)10(9)14-3-4-14;1-4-9-12(7-8,10-5-2)11-6-3/h7H,1-6H2;4-8H2,1-3H3. The number of nitrogens with two attached hydrogens (primary N) is 1. The van der Waals surface area contributed by atoms with Crippen LogP contribution in [-0.4, -0.2) is 100 Å². The van der Waals surface area contributed by atoms with Crippen LogP contribution in [0.3, 0.4) is 0 Å². The summed E-state index contributed by atoms with van der Waals surface area (Å²) < 4.78 is 16.3. The molecule has 0 bridgehead atoms. The number of Topliss-reactive ketones (excluding diaryl/α,β-unsaturated/α-hetero) is 1. The molecule has 162 valence electrons. The molecule has 3 heterocycles. The van der Waals surface area contributed by atoms with Crippen molar-refractivity contribution in [1.82, 2.24) is 14.7 Å². The summed E-state index contributed by atoms with van der Waals surface area (Å²) in [6.45, 7) is 12.9. The molecule has 0 aromatic carbocycles. The van der Waals surface area contributed by atoms with Crippen LogP contribution >= 0.6 is 0 Å². The predicted molar refractivity (Wildman–Crippen MR) is 110 cm³/mol. The van der Waals surface area contributed by atoms with Gasteiger partial charge in [0.1, 0.15) is 11.4 Å². The topological polar surface area (TPSA) is 96.9 Å². The first-order chi connectivity index (χ1) is 14.0. The molecule has 3 saturated heterocycles. The number of allylic oxidation sites excluding steroid dienone is 1. The summed E-state index contributed by atoms with van der Waals surface area (Å²) in [4.78, 5) is 30.5. The average molecular weight is 425 g/mol. The van der Waals surface area contributed by atoms with Gasteiger partial charge >= 0.3 is 8.80 Å². The zero-order valence-electron chi connectivity index (χ0n) is 17.6. The first-order valence-corrected chi connectivity index (χ1v) is 12.3. The summed E-state index contributed by atoms with van der Waals surface area (Å²) in [6, 6.07) is 0. The Labute approximate surface area is 173 Å². The van der Waals surface area contributed by atoms with Crippen LogP contribution in [0.1, 0.15) is 20.8 Å². The molecular formula is C19H32N4O5Si. The van der Waals surface area contributed by atoms with Crippen molar-refractivity contribution in [3.05, 3.63) is 23.2 Å². The van der Waals surface area contributed by atoms with Gasteiger partial charge in [0.15, 0.2) is 0 Å². The fourth-order valence-electron chi connectivity index (χ4n) is 3.24. The smallest absolute Gasteiger partial charge is 0.373 e. The zero-order chi connectivity index (χ0) is 21.0. The van der Waals surface area contributed by atoms with E-state index in [1.165, 1.54) is 6.08 Å². The zero-order valence-corrected chi connectivity index (χ0v) is 18.6. The number of rotatable bonds is 10. The van der Waals surface area contributed by atoms with E-state index in [1.54, 1.807) is 0 Å². The van der Waals surface area contributed by atoms with E-state index in [0.717, 1.165) is 39.3 Å². The van der Waals surface area contributed by atoms with Crippen LogP contribution in [-0.2, 0) is 22.9 Å². The molecule has 3 aliphatic heterocycles. The molecule has 0 unspecified atom stereocenters. The minimum atomic E-state index is -2.49. The third-order valence-electron chi connectivity index (χ3n) is 4.83. The van der Waals surface area contributed by atoms with E-state index in [9.17, 15) is 9.59 Å². The number of carbonyl (C=O) groups excluding carboxylic acids is 2. The number of nitrogens with zero attached hydrogens (tertiary/aromatic N) is 3. The van der Waals surface area contributed by atoms with Gasteiger partial charge < -0.3 is 33.7 Å². The summed E-state index contributed by atoms with van der Waals surface area (Å²) in [5.74, 6) is 0.0485. The van der Waals surface area contributed by atoms with Gasteiger partial charge in [0.2, 0.25) is 11.6 Å². The average Bonchev–Trinajstić information content (AvgIpc) is 3.56. The summed E-state index contributed by atoms with van der Waals surface area (Å²) in [5.41, 5.74) is 7.44. The highest BCUT2D eigenvalue weighted by Gasteiger charge is 2.43. The molecule has 0 saturated carbocycles. The highest BCUT2D eigenvalue weighted by molar-refractivity contribution is 6.60. The van der Waals surface area contributed by atoms with E-state index in [-0.39, 0.29) is 11.6 Å². The maximum atomic E-state index is 12.4. The van der Waals surface area contributed by atoms with E-state index in [2.05, 4.69) is 0 Å². The SMILES string of the molecule is CCO[Si](CN)(OCC)OCC.O=C1C=C(N2CC2)C(=O)C(N2CC2)=C1N1CC1. The van der Waals surface area contributed by atoms with Gasteiger partial charge in [-0.05, 0) is 20.8 Å². The maximum absolute atomic E-state index is 12.4. The second kappa shape index (κ2) is 9.39. The largest absolute Gasteiger partial charge is 0.515 e. The molecule has 0 aromatic rings. The van der Waals surface area contributed by atoms with Gasteiger partial charge in [-0.2, -0.15) is 0 Å². The highest BCUT2D eigenvalue weighted by Crippen LogP contribution is 2.33. The van der Waals surface area contributed by atoms with E-state index in [1.807, 2.05) is 35.5 Å². The van der Waals surface area contributed by atoms with Crippen molar-refractivity contribution >= 4 is 20.4 Å². The van der Waals surface area contributed by atoms with E-state index < -0.39 is 8.80 Å². The molecule has 0 radical (unpaired) electrons. The Morgan fingerprint density at radius 1 is 0.828 bits per heavy atom.